The molecular formula is C21H23N3O5. The molecule has 0 bridgehead atoms. The number of nitrogens with one attached hydrogen (secondary N) is 2. The highest BCUT2D eigenvalue weighted by atomic mass is 16.5. The summed E-state index contributed by atoms with van der Waals surface area (Å²) in [5, 5.41) is 5.37. The van der Waals surface area contributed by atoms with Gasteiger partial charge in [-0.2, -0.15) is 0 Å². The standard InChI is InChI=1S/C21H23N3O5/c1-12-7-13(2)9-14(8-12)23-19(25)16-11-22-21(27)24(20(16)26)15-5-6-17(28-3)18(10-15)29-4/h5-10,16H,11H2,1-4H3,(H,22,27)(H,23,25). The van der Waals surface area contributed by atoms with Crippen LogP contribution in [-0.2, 0) is 9.59 Å². The van der Waals surface area contributed by atoms with E-state index in [1.54, 1.807) is 12.1 Å². The number of anilines is 2. The Morgan fingerprint density at radius 2 is 1.69 bits per heavy atom. The van der Waals surface area contributed by atoms with E-state index in [1.807, 2.05) is 32.0 Å². The van der Waals surface area contributed by atoms with E-state index in [0.29, 0.717) is 17.2 Å². The van der Waals surface area contributed by atoms with E-state index < -0.39 is 23.8 Å². The number of carbonyl (C=O) groups excluding carboxylic acids is 3. The number of benzene rings is 2. The van der Waals surface area contributed by atoms with E-state index in [4.69, 9.17) is 9.47 Å². The van der Waals surface area contributed by atoms with Crippen molar-refractivity contribution in [3.8, 4) is 11.5 Å². The van der Waals surface area contributed by atoms with Crippen LogP contribution >= 0.6 is 0 Å². The van der Waals surface area contributed by atoms with Crippen molar-refractivity contribution in [3.63, 3.8) is 0 Å². The van der Waals surface area contributed by atoms with Gasteiger partial charge >= 0.3 is 6.03 Å². The molecule has 0 radical (unpaired) electrons. The third kappa shape index (κ3) is 4.16. The number of rotatable bonds is 5. The second kappa shape index (κ2) is 8.22. The Balaban J connectivity index is 1.85. The van der Waals surface area contributed by atoms with Crippen LogP contribution in [0.3, 0.4) is 0 Å². The quantitative estimate of drug-likeness (QED) is 0.756. The normalized spacial score (nSPS) is 16.3. The molecule has 4 amide bonds. The maximum Gasteiger partial charge on any atom is 0.328 e. The molecule has 2 N–H and O–H groups in total. The number of hydrogen-bond donors (Lipinski definition) is 2. The highest BCUT2D eigenvalue weighted by Crippen LogP contribution is 2.32. The van der Waals surface area contributed by atoms with E-state index in [-0.39, 0.29) is 12.2 Å². The molecule has 152 valence electrons. The van der Waals surface area contributed by atoms with E-state index in [9.17, 15) is 14.4 Å². The van der Waals surface area contributed by atoms with Crippen LogP contribution in [0.2, 0.25) is 0 Å². The summed E-state index contributed by atoms with van der Waals surface area (Å²) in [5.74, 6) is -1.31. The lowest BCUT2D eigenvalue weighted by Crippen LogP contribution is -2.58. The van der Waals surface area contributed by atoms with E-state index in [2.05, 4.69) is 10.6 Å². The number of carbonyl (C=O) groups is 3. The summed E-state index contributed by atoms with van der Waals surface area (Å²) in [6.45, 7) is 3.78. The van der Waals surface area contributed by atoms with Gasteiger partial charge in [-0.25, -0.2) is 9.69 Å². The van der Waals surface area contributed by atoms with Gasteiger partial charge in [0.1, 0.15) is 5.92 Å². The molecule has 1 heterocycles. The van der Waals surface area contributed by atoms with E-state index in [1.165, 1.54) is 20.3 Å². The van der Waals surface area contributed by atoms with Gasteiger partial charge in [-0.3, -0.25) is 9.59 Å². The zero-order chi connectivity index (χ0) is 21.1. The van der Waals surface area contributed by atoms with Crippen LogP contribution < -0.4 is 25.0 Å². The first-order chi connectivity index (χ1) is 13.8. The van der Waals surface area contributed by atoms with Crippen molar-refractivity contribution in [2.75, 3.05) is 31.0 Å². The molecule has 0 saturated carbocycles. The predicted molar refractivity (Wildman–Crippen MR) is 108 cm³/mol. The number of ether oxygens (including phenoxy) is 2. The smallest absolute Gasteiger partial charge is 0.328 e. The molecule has 1 aliphatic heterocycles. The van der Waals surface area contributed by atoms with Crippen molar-refractivity contribution < 1.29 is 23.9 Å². The first-order valence-corrected chi connectivity index (χ1v) is 9.07. The van der Waals surface area contributed by atoms with Crippen LogP contribution in [0, 0.1) is 19.8 Å². The molecule has 8 nitrogen and oxygen atoms in total. The molecule has 1 atom stereocenters. The van der Waals surface area contributed by atoms with Crippen molar-refractivity contribution in [1.29, 1.82) is 0 Å². The molecule has 2 aromatic rings. The minimum absolute atomic E-state index is 0.0713. The van der Waals surface area contributed by atoms with Crippen LogP contribution in [-0.4, -0.2) is 38.6 Å². The van der Waals surface area contributed by atoms with Crippen molar-refractivity contribution in [2.24, 2.45) is 5.92 Å². The number of aryl methyl sites for hydroxylation is 2. The summed E-state index contributed by atoms with van der Waals surface area (Å²) < 4.78 is 10.4. The molecule has 1 saturated heterocycles. The number of hydrogen-bond acceptors (Lipinski definition) is 5. The van der Waals surface area contributed by atoms with Crippen LogP contribution in [0.5, 0.6) is 11.5 Å². The van der Waals surface area contributed by atoms with E-state index >= 15 is 0 Å². The first-order valence-electron chi connectivity index (χ1n) is 9.07. The zero-order valence-electron chi connectivity index (χ0n) is 16.7. The summed E-state index contributed by atoms with van der Waals surface area (Å²) in [7, 11) is 2.95. The summed E-state index contributed by atoms with van der Waals surface area (Å²) in [6.07, 6.45) is 0. The van der Waals surface area contributed by atoms with Crippen LogP contribution in [0.15, 0.2) is 36.4 Å². The average Bonchev–Trinajstić information content (AvgIpc) is 2.67. The number of amides is 4. The van der Waals surface area contributed by atoms with Crippen LogP contribution in [0.1, 0.15) is 11.1 Å². The third-order valence-corrected chi connectivity index (χ3v) is 4.61. The molecule has 3 rings (SSSR count). The zero-order valence-corrected chi connectivity index (χ0v) is 16.7. The predicted octanol–water partition coefficient (Wildman–Crippen LogP) is 2.63. The molecule has 8 heteroatoms. The van der Waals surface area contributed by atoms with E-state index in [0.717, 1.165) is 16.0 Å². The molecular weight excluding hydrogens is 374 g/mol. The van der Waals surface area contributed by atoms with Crippen molar-refractivity contribution >= 4 is 29.2 Å². The fourth-order valence-electron chi connectivity index (χ4n) is 3.30. The Morgan fingerprint density at radius 1 is 1.03 bits per heavy atom. The topological polar surface area (TPSA) is 97.0 Å². The highest BCUT2D eigenvalue weighted by Gasteiger charge is 2.39. The highest BCUT2D eigenvalue weighted by molar-refractivity contribution is 6.23. The van der Waals surface area contributed by atoms with Gasteiger partial charge < -0.3 is 20.1 Å². The lowest BCUT2D eigenvalue weighted by molar-refractivity contribution is -0.130. The minimum atomic E-state index is -1.05. The second-order valence-corrected chi connectivity index (χ2v) is 6.82. The first kappa shape index (κ1) is 20.2. The number of imide groups is 1. The van der Waals surface area contributed by atoms with Crippen LogP contribution in [0.4, 0.5) is 16.2 Å². The molecule has 2 aromatic carbocycles. The van der Waals surface area contributed by atoms with Gasteiger partial charge in [0.15, 0.2) is 11.5 Å². The second-order valence-electron chi connectivity index (χ2n) is 6.82. The third-order valence-electron chi connectivity index (χ3n) is 4.61. The molecule has 0 aliphatic carbocycles. The average molecular weight is 397 g/mol. The molecule has 1 fully saturated rings. The SMILES string of the molecule is COc1ccc(N2C(=O)NCC(C(=O)Nc3cc(C)cc(C)c3)C2=O)cc1OC. The number of urea groups is 1. The van der Waals surface area contributed by atoms with Gasteiger partial charge in [0.2, 0.25) is 11.8 Å². The Hall–Kier alpha value is -3.55. The summed E-state index contributed by atoms with van der Waals surface area (Å²) in [6, 6.07) is 9.70. The summed E-state index contributed by atoms with van der Waals surface area (Å²) in [4.78, 5) is 39.0. The van der Waals surface area contributed by atoms with Gasteiger partial charge in [-0.05, 0) is 49.2 Å². The van der Waals surface area contributed by atoms with Gasteiger partial charge in [0.05, 0.1) is 19.9 Å². The Labute approximate surface area is 168 Å². The van der Waals surface area contributed by atoms with Crippen molar-refractivity contribution in [1.82, 2.24) is 5.32 Å². The number of methoxy groups -OCH3 is 2. The number of nitrogens with zero attached hydrogens (tertiary/aromatic N) is 1. The molecule has 0 spiro atoms. The lowest BCUT2D eigenvalue weighted by Gasteiger charge is -2.31. The maximum atomic E-state index is 13.0. The largest absolute Gasteiger partial charge is 0.493 e. The molecule has 29 heavy (non-hydrogen) atoms. The summed E-state index contributed by atoms with van der Waals surface area (Å²) >= 11 is 0. The van der Waals surface area contributed by atoms with Gasteiger partial charge in [-0.1, -0.05) is 6.07 Å². The van der Waals surface area contributed by atoms with Gasteiger partial charge in [-0.15, -0.1) is 0 Å². The van der Waals surface area contributed by atoms with Crippen molar-refractivity contribution in [2.45, 2.75) is 13.8 Å². The van der Waals surface area contributed by atoms with Gasteiger partial charge in [0, 0.05) is 18.3 Å². The Morgan fingerprint density at radius 3 is 2.31 bits per heavy atom. The fourth-order valence-corrected chi connectivity index (χ4v) is 3.30. The molecule has 0 aromatic heterocycles. The molecule has 1 aliphatic rings. The van der Waals surface area contributed by atoms with Crippen LogP contribution in [0.25, 0.3) is 0 Å². The van der Waals surface area contributed by atoms with Crippen molar-refractivity contribution in [3.05, 3.63) is 47.5 Å². The fraction of sp³-hybridized carbons (Fsp3) is 0.286. The molecule has 1 unspecified atom stereocenters. The summed E-state index contributed by atoms with van der Waals surface area (Å²) in [5.41, 5.74) is 2.88. The lowest BCUT2D eigenvalue weighted by atomic mass is 10.0. The van der Waals surface area contributed by atoms with Gasteiger partial charge in [0.25, 0.3) is 0 Å². The Bertz CT molecular complexity index is 953. The Kier molecular flexibility index (Phi) is 5.72. The maximum absolute atomic E-state index is 13.0. The minimum Gasteiger partial charge on any atom is -0.493 e. The monoisotopic (exact) mass is 397 g/mol.